The van der Waals surface area contributed by atoms with Crippen LogP contribution in [0.2, 0.25) is 0 Å². The van der Waals surface area contributed by atoms with Gasteiger partial charge in [-0.15, -0.1) is 0 Å². The number of carboxylic acids is 4. The van der Waals surface area contributed by atoms with Gasteiger partial charge in [0.05, 0.1) is 37.5 Å². The summed E-state index contributed by atoms with van der Waals surface area (Å²) in [6.45, 7) is 8.40. The molecule has 308 valence electrons. The molecular weight excluding hydrogens is 706 g/mol. The second kappa shape index (κ2) is 25.9. The summed E-state index contributed by atoms with van der Waals surface area (Å²) in [5.41, 5.74) is 0. The van der Waals surface area contributed by atoms with E-state index >= 15 is 0 Å². The molecule has 0 saturated carbocycles. The molecule has 1 rings (SSSR count). The Balaban J connectivity index is 2.92. The van der Waals surface area contributed by atoms with Gasteiger partial charge in [-0.2, -0.15) is 0 Å². The molecule has 0 amide bonds. The van der Waals surface area contributed by atoms with Crippen LogP contribution in [0.4, 0.5) is 0 Å². The number of carboxylic acid groups (broad SMARTS) is 4. The smallest absolute Gasteiger partial charge is 0.307 e. The first-order valence-electron chi connectivity index (χ1n) is 19.3. The Kier molecular flexibility index (Phi) is 23.1. The maximum atomic E-state index is 13.1. The molecule has 0 aromatic carbocycles. The Hall–Kier alpha value is -3.98. The van der Waals surface area contributed by atoms with Crippen LogP contribution in [0, 0.1) is 23.7 Å². The molecule has 54 heavy (non-hydrogen) atoms. The third kappa shape index (κ3) is 19.9. The highest BCUT2D eigenvalue weighted by atomic mass is 16.6. The minimum atomic E-state index is -1.54. The Morgan fingerprint density at radius 3 is 1.74 bits per heavy atom. The summed E-state index contributed by atoms with van der Waals surface area (Å²) in [7, 11) is 0. The molecule has 1 unspecified atom stereocenters. The molecule has 1 heterocycles. The van der Waals surface area contributed by atoms with Gasteiger partial charge < -0.3 is 40.1 Å². The van der Waals surface area contributed by atoms with Gasteiger partial charge >= 0.3 is 35.8 Å². The van der Waals surface area contributed by atoms with E-state index in [1.54, 1.807) is 19.2 Å². The summed E-state index contributed by atoms with van der Waals surface area (Å²) in [6, 6.07) is -0.0404. The van der Waals surface area contributed by atoms with Crippen LogP contribution < -0.4 is 4.90 Å². The number of aliphatic hydroxyl groups is 2. The van der Waals surface area contributed by atoms with Gasteiger partial charge in [-0.3, -0.25) is 33.7 Å². The molecule has 0 aromatic rings. The number of allylic oxidation sites excluding steroid dienone is 1. The minimum absolute atomic E-state index is 0.0404. The fraction of sp³-hybridized carbons (Fsp3) is 0.744. The zero-order valence-corrected chi connectivity index (χ0v) is 32.3. The van der Waals surface area contributed by atoms with Gasteiger partial charge in [0.1, 0.15) is 37.1 Å². The van der Waals surface area contributed by atoms with Crippen molar-refractivity contribution in [2.24, 2.45) is 23.7 Å². The number of rotatable bonds is 30. The molecule has 0 aromatic heterocycles. The van der Waals surface area contributed by atoms with Crippen molar-refractivity contribution in [1.29, 1.82) is 0 Å². The molecule has 0 radical (unpaired) electrons. The maximum Gasteiger partial charge on any atom is 0.307 e. The first-order chi connectivity index (χ1) is 25.4. The van der Waals surface area contributed by atoms with Crippen LogP contribution in [-0.2, 0) is 38.2 Å². The summed E-state index contributed by atoms with van der Waals surface area (Å²) >= 11 is 0. The molecule has 1 aliphatic rings. The minimum Gasteiger partial charge on any atom is -0.503 e. The lowest BCUT2D eigenvalue weighted by atomic mass is 9.87. The van der Waals surface area contributed by atoms with E-state index < -0.39 is 91.6 Å². The number of unbranched alkanes of at least 4 members (excludes halogenated alkanes) is 6. The van der Waals surface area contributed by atoms with Crippen LogP contribution in [0.15, 0.2) is 24.1 Å². The molecule has 1 aliphatic heterocycles. The molecule has 15 nitrogen and oxygen atoms in total. The fourth-order valence-electron chi connectivity index (χ4n) is 6.73. The van der Waals surface area contributed by atoms with E-state index in [-0.39, 0.29) is 30.1 Å². The number of carbonyl (C=O) groups excluding carboxylic acids is 2. The fourth-order valence-corrected chi connectivity index (χ4v) is 6.73. The lowest BCUT2D eigenvalue weighted by Gasteiger charge is -2.33. The highest BCUT2D eigenvalue weighted by molar-refractivity contribution is 5.83. The third-order valence-corrected chi connectivity index (χ3v) is 10.1. The molecule has 0 bridgehead atoms. The topological polar surface area (TPSA) is 247 Å². The summed E-state index contributed by atoms with van der Waals surface area (Å²) in [6.07, 6.45) is 8.97. The highest BCUT2D eigenvalue weighted by Gasteiger charge is 2.37. The summed E-state index contributed by atoms with van der Waals surface area (Å²) in [4.78, 5) is 73.0. The number of esters is 2. The van der Waals surface area contributed by atoms with Crippen LogP contribution in [0.25, 0.3) is 0 Å². The van der Waals surface area contributed by atoms with E-state index in [4.69, 9.17) is 19.7 Å². The van der Waals surface area contributed by atoms with E-state index in [0.29, 0.717) is 19.4 Å². The van der Waals surface area contributed by atoms with Crippen LogP contribution in [0.1, 0.15) is 130 Å². The van der Waals surface area contributed by atoms with Crippen LogP contribution in [0.3, 0.4) is 0 Å². The van der Waals surface area contributed by atoms with Crippen molar-refractivity contribution in [2.45, 2.75) is 155 Å². The van der Waals surface area contributed by atoms with Gasteiger partial charge in [0.15, 0.2) is 5.76 Å². The number of hydrogen-bond acceptors (Lipinski definition) is 10. The number of quaternary nitrogens is 1. The number of hydrogen-bond donors (Lipinski definition) is 7. The van der Waals surface area contributed by atoms with E-state index in [1.807, 2.05) is 26.8 Å². The van der Waals surface area contributed by atoms with Gasteiger partial charge in [0.25, 0.3) is 0 Å². The molecule has 0 aliphatic carbocycles. The number of aliphatic carboxylic acids is 4. The van der Waals surface area contributed by atoms with Crippen molar-refractivity contribution >= 4 is 35.8 Å². The molecule has 0 spiro atoms. The van der Waals surface area contributed by atoms with Crippen molar-refractivity contribution < 1.29 is 73.8 Å². The SMILES string of the molecule is CCCC[C@@H](C)[C@@H](OC(=O)C[C@@H](CC(=O)O)C(=O)O)[C@H](C[C@H](C)CCCCCCCC[C@H](O)[C@H](C)[NH+]1C=C(O)C=CC1)OC(=O)C[C@H](CC(=O)O)C(=O)O. The molecule has 15 heteroatoms. The summed E-state index contributed by atoms with van der Waals surface area (Å²) in [5.74, 6) is -11.0. The lowest BCUT2D eigenvalue weighted by molar-refractivity contribution is -0.872. The second-order valence-corrected chi connectivity index (χ2v) is 14.9. The predicted octanol–water partition coefficient (Wildman–Crippen LogP) is 4.52. The molecular formula is C39H64NO14+. The van der Waals surface area contributed by atoms with Crippen molar-refractivity contribution in [1.82, 2.24) is 0 Å². The second-order valence-electron chi connectivity index (χ2n) is 14.9. The molecule has 9 atom stereocenters. The predicted molar refractivity (Wildman–Crippen MR) is 196 cm³/mol. The van der Waals surface area contributed by atoms with Crippen molar-refractivity contribution in [3.05, 3.63) is 24.1 Å². The average molecular weight is 771 g/mol. The van der Waals surface area contributed by atoms with Gasteiger partial charge in [-0.05, 0) is 50.2 Å². The van der Waals surface area contributed by atoms with E-state index in [9.17, 15) is 49.2 Å². The monoisotopic (exact) mass is 770 g/mol. The number of ether oxygens (including phenoxy) is 2. The van der Waals surface area contributed by atoms with Crippen molar-refractivity contribution in [3.8, 4) is 0 Å². The number of aliphatic hydroxyl groups excluding tert-OH is 2. The van der Waals surface area contributed by atoms with E-state index in [0.717, 1.165) is 62.7 Å². The Morgan fingerprint density at radius 1 is 0.722 bits per heavy atom. The van der Waals surface area contributed by atoms with Crippen molar-refractivity contribution in [2.75, 3.05) is 6.54 Å². The largest absolute Gasteiger partial charge is 0.503 e. The first-order valence-corrected chi connectivity index (χ1v) is 19.3. The Labute approximate surface area is 318 Å². The van der Waals surface area contributed by atoms with Crippen LogP contribution >= 0.6 is 0 Å². The average Bonchev–Trinajstić information content (AvgIpc) is 3.08. The van der Waals surface area contributed by atoms with E-state index in [2.05, 4.69) is 0 Å². The molecule has 0 fully saturated rings. The highest BCUT2D eigenvalue weighted by Crippen LogP contribution is 2.29. The van der Waals surface area contributed by atoms with Gasteiger partial charge in [0, 0.05) is 0 Å². The third-order valence-electron chi connectivity index (χ3n) is 10.1. The standard InChI is InChI=1S/C39H63NO14/c1-5-6-15-26(3)37(54-36(48)23-29(39(51)52)21-34(45)46)32(53-35(47)22-28(38(49)50)20-33(43)44)19-25(2)14-11-9-7-8-10-12-17-31(42)27(4)40-18-13-16-30(41)24-40/h13,16,24-29,31-32,37,41-42H,5-12,14-15,17-23H2,1-4H3,(H,43,44)(H,45,46)(H,49,50)(H,51,52)/p+1/t25-,26-,27+,28+,29-,31+,32+,37-/m1/s1. The normalized spacial score (nSPS) is 18.5. The van der Waals surface area contributed by atoms with E-state index in [1.165, 1.54) is 0 Å². The number of nitrogens with one attached hydrogen (secondary N) is 1. The zero-order valence-electron chi connectivity index (χ0n) is 32.3. The van der Waals surface area contributed by atoms with Gasteiger partial charge in [-0.1, -0.05) is 78.6 Å². The molecule has 7 N–H and O–H groups in total. The van der Waals surface area contributed by atoms with Crippen LogP contribution in [0.5, 0.6) is 0 Å². The summed E-state index contributed by atoms with van der Waals surface area (Å²) < 4.78 is 11.6. The van der Waals surface area contributed by atoms with Crippen LogP contribution in [-0.4, -0.2) is 97.4 Å². The zero-order chi connectivity index (χ0) is 40.8. The molecule has 0 saturated heterocycles. The lowest BCUT2D eigenvalue weighted by Crippen LogP contribution is -3.12. The first kappa shape index (κ1) is 48.0. The number of carbonyl (C=O) groups is 6. The summed E-state index contributed by atoms with van der Waals surface area (Å²) in [5, 5.41) is 57.6. The van der Waals surface area contributed by atoms with Gasteiger partial charge in [-0.25, -0.2) is 0 Å². The Morgan fingerprint density at radius 2 is 1.24 bits per heavy atom. The van der Waals surface area contributed by atoms with Crippen molar-refractivity contribution in [3.63, 3.8) is 0 Å². The quantitative estimate of drug-likeness (QED) is 0.0392. The van der Waals surface area contributed by atoms with Gasteiger partial charge in [0.2, 0.25) is 0 Å². The maximum absolute atomic E-state index is 13.1. The Bertz CT molecular complexity index is 1270.